The van der Waals surface area contributed by atoms with Gasteiger partial charge in [0, 0.05) is 13.7 Å². The Morgan fingerprint density at radius 2 is 2.00 bits per heavy atom. The molecule has 1 saturated heterocycles. The molecule has 1 aliphatic heterocycles. The molecule has 29 heavy (non-hydrogen) atoms. The first-order valence-electron chi connectivity index (χ1n) is 10.1. The van der Waals surface area contributed by atoms with Crippen LogP contribution in [0.1, 0.15) is 37.7 Å². The molecule has 8 nitrogen and oxygen atoms in total. The Labute approximate surface area is 172 Å². The minimum Gasteiger partial charge on any atom is -0.426 e. The predicted molar refractivity (Wildman–Crippen MR) is 109 cm³/mol. The van der Waals surface area contributed by atoms with Crippen molar-refractivity contribution in [3.05, 3.63) is 35.9 Å². The number of hydrogen-bond acceptors (Lipinski definition) is 6. The maximum absolute atomic E-state index is 12.6. The van der Waals surface area contributed by atoms with Gasteiger partial charge < -0.3 is 30.2 Å². The first-order valence-corrected chi connectivity index (χ1v) is 10.1. The molecule has 0 aliphatic carbocycles. The van der Waals surface area contributed by atoms with Gasteiger partial charge in [-0.2, -0.15) is 0 Å². The lowest BCUT2D eigenvalue weighted by molar-refractivity contribution is -0.139. The van der Waals surface area contributed by atoms with E-state index in [9.17, 15) is 19.6 Å². The summed E-state index contributed by atoms with van der Waals surface area (Å²) in [6, 6.07) is 8.90. The first-order chi connectivity index (χ1) is 14.0. The number of carbonyl (C=O) groups is 2. The Bertz CT molecular complexity index is 625. The molecule has 1 aromatic carbocycles. The topological polar surface area (TPSA) is 117 Å². The van der Waals surface area contributed by atoms with Crippen LogP contribution in [0, 0.1) is 0 Å². The zero-order valence-corrected chi connectivity index (χ0v) is 16.9. The van der Waals surface area contributed by atoms with E-state index < -0.39 is 31.1 Å². The number of methoxy groups -OCH3 is 1. The molecule has 2 amide bonds. The minimum atomic E-state index is -1.70. The molecule has 1 aliphatic rings. The van der Waals surface area contributed by atoms with Crippen molar-refractivity contribution >= 4 is 18.9 Å². The molecule has 2 rings (SSSR count). The van der Waals surface area contributed by atoms with E-state index >= 15 is 0 Å². The molecule has 1 unspecified atom stereocenters. The SMILES string of the molecule is COC[C@@H](NC(=O)C1CCCCO1)C(=O)N[C@@H](CCCc1ccccc1)B(O)O. The van der Waals surface area contributed by atoms with Gasteiger partial charge in [0.2, 0.25) is 11.8 Å². The van der Waals surface area contributed by atoms with Gasteiger partial charge in [0.1, 0.15) is 12.1 Å². The predicted octanol–water partition coefficient (Wildman–Crippen LogP) is 0.206. The fourth-order valence-corrected chi connectivity index (χ4v) is 3.31. The van der Waals surface area contributed by atoms with Crippen LogP contribution in [0.4, 0.5) is 0 Å². The molecular weight excluding hydrogens is 375 g/mol. The van der Waals surface area contributed by atoms with Gasteiger partial charge >= 0.3 is 7.12 Å². The van der Waals surface area contributed by atoms with Gasteiger partial charge in [0.25, 0.3) is 0 Å². The molecule has 160 valence electrons. The highest BCUT2D eigenvalue weighted by Gasteiger charge is 2.31. The van der Waals surface area contributed by atoms with Gasteiger partial charge in [0.15, 0.2) is 0 Å². The Morgan fingerprint density at radius 1 is 1.24 bits per heavy atom. The molecular formula is C20H31BN2O6. The highest BCUT2D eigenvalue weighted by Crippen LogP contribution is 2.13. The van der Waals surface area contributed by atoms with E-state index in [1.54, 1.807) is 0 Å². The third kappa shape index (κ3) is 8.14. The van der Waals surface area contributed by atoms with Crippen LogP contribution in [0.15, 0.2) is 30.3 Å². The Morgan fingerprint density at radius 3 is 2.62 bits per heavy atom. The van der Waals surface area contributed by atoms with Gasteiger partial charge in [-0.3, -0.25) is 9.59 Å². The van der Waals surface area contributed by atoms with Crippen LogP contribution in [-0.2, 0) is 25.5 Å². The summed E-state index contributed by atoms with van der Waals surface area (Å²) in [5, 5.41) is 24.6. The molecule has 1 fully saturated rings. The second-order valence-electron chi connectivity index (χ2n) is 7.28. The Kier molecular flexibility index (Phi) is 10.1. The number of carbonyl (C=O) groups excluding carboxylic acids is 2. The van der Waals surface area contributed by atoms with Crippen LogP contribution in [0.2, 0.25) is 0 Å². The van der Waals surface area contributed by atoms with Crippen molar-refractivity contribution < 1.29 is 29.1 Å². The molecule has 0 bridgehead atoms. The lowest BCUT2D eigenvalue weighted by atomic mass is 9.76. The van der Waals surface area contributed by atoms with Gasteiger partial charge in [-0.15, -0.1) is 0 Å². The second kappa shape index (κ2) is 12.6. The fourth-order valence-electron chi connectivity index (χ4n) is 3.31. The molecule has 0 saturated carbocycles. The summed E-state index contributed by atoms with van der Waals surface area (Å²) >= 11 is 0. The van der Waals surface area contributed by atoms with Crippen molar-refractivity contribution in [1.29, 1.82) is 0 Å². The average Bonchev–Trinajstić information content (AvgIpc) is 2.73. The highest BCUT2D eigenvalue weighted by molar-refractivity contribution is 6.43. The molecule has 4 N–H and O–H groups in total. The zero-order chi connectivity index (χ0) is 21.1. The average molecular weight is 406 g/mol. The Balaban J connectivity index is 1.87. The highest BCUT2D eigenvalue weighted by atomic mass is 16.5. The van der Waals surface area contributed by atoms with Crippen molar-refractivity contribution in [2.24, 2.45) is 0 Å². The van der Waals surface area contributed by atoms with Gasteiger partial charge in [-0.05, 0) is 44.1 Å². The fraction of sp³-hybridized carbons (Fsp3) is 0.600. The third-order valence-electron chi connectivity index (χ3n) is 4.95. The summed E-state index contributed by atoms with van der Waals surface area (Å²) in [7, 11) is -0.266. The molecule has 1 heterocycles. The lowest BCUT2D eigenvalue weighted by Crippen LogP contribution is -2.56. The first kappa shape index (κ1) is 23.3. The van der Waals surface area contributed by atoms with Crippen molar-refractivity contribution in [1.82, 2.24) is 10.6 Å². The zero-order valence-electron chi connectivity index (χ0n) is 16.9. The summed E-state index contributed by atoms with van der Waals surface area (Å²) in [6.07, 6.45) is 3.69. The number of hydrogen-bond donors (Lipinski definition) is 4. The van der Waals surface area contributed by atoms with E-state index in [-0.39, 0.29) is 12.5 Å². The molecule has 0 spiro atoms. The van der Waals surface area contributed by atoms with Crippen molar-refractivity contribution in [3.63, 3.8) is 0 Å². The van der Waals surface area contributed by atoms with E-state index in [0.717, 1.165) is 24.8 Å². The van der Waals surface area contributed by atoms with E-state index in [1.165, 1.54) is 7.11 Å². The monoisotopic (exact) mass is 406 g/mol. The summed E-state index contributed by atoms with van der Waals surface area (Å²) in [5.74, 6) is -1.71. The maximum atomic E-state index is 12.6. The van der Waals surface area contributed by atoms with Crippen molar-refractivity contribution in [2.75, 3.05) is 20.3 Å². The van der Waals surface area contributed by atoms with Crippen LogP contribution >= 0.6 is 0 Å². The summed E-state index contributed by atoms with van der Waals surface area (Å²) in [6.45, 7) is 0.502. The molecule has 0 radical (unpaired) electrons. The molecule has 9 heteroatoms. The third-order valence-corrected chi connectivity index (χ3v) is 4.95. The lowest BCUT2D eigenvalue weighted by Gasteiger charge is -2.26. The quantitative estimate of drug-likeness (QED) is 0.391. The summed E-state index contributed by atoms with van der Waals surface area (Å²) in [4.78, 5) is 25.0. The number of aryl methyl sites for hydroxylation is 1. The summed E-state index contributed by atoms with van der Waals surface area (Å²) < 4.78 is 10.5. The van der Waals surface area contributed by atoms with Crippen LogP contribution in [0.25, 0.3) is 0 Å². The van der Waals surface area contributed by atoms with Crippen LogP contribution in [-0.4, -0.2) is 67.4 Å². The standard InChI is InChI=1S/C20H31BN2O6/c1-28-14-16(22-20(25)17-11-5-6-13-29-17)19(24)23-18(21(26)27)12-7-10-15-8-3-2-4-9-15/h2-4,8-9,16-18,26-27H,5-7,10-14H2,1H3,(H,22,25)(H,23,24)/t16-,17?,18+/m1/s1. The van der Waals surface area contributed by atoms with Gasteiger partial charge in [0.05, 0.1) is 12.5 Å². The van der Waals surface area contributed by atoms with E-state index in [0.29, 0.717) is 25.9 Å². The van der Waals surface area contributed by atoms with E-state index in [2.05, 4.69) is 10.6 Å². The number of amides is 2. The number of ether oxygens (including phenoxy) is 2. The van der Waals surface area contributed by atoms with Gasteiger partial charge in [-0.1, -0.05) is 30.3 Å². The Hall–Kier alpha value is -1.94. The maximum Gasteiger partial charge on any atom is 0.475 e. The van der Waals surface area contributed by atoms with Crippen LogP contribution < -0.4 is 10.6 Å². The number of benzene rings is 1. The normalized spacial score (nSPS) is 18.5. The number of rotatable bonds is 11. The molecule has 0 aromatic heterocycles. The molecule has 1 aromatic rings. The van der Waals surface area contributed by atoms with E-state index in [4.69, 9.17) is 9.47 Å². The minimum absolute atomic E-state index is 0.0252. The van der Waals surface area contributed by atoms with E-state index in [1.807, 2.05) is 30.3 Å². The molecule has 3 atom stereocenters. The van der Waals surface area contributed by atoms with Crippen molar-refractivity contribution in [3.8, 4) is 0 Å². The second-order valence-corrected chi connectivity index (χ2v) is 7.28. The van der Waals surface area contributed by atoms with Crippen molar-refractivity contribution in [2.45, 2.75) is 56.6 Å². The largest absolute Gasteiger partial charge is 0.475 e. The van der Waals surface area contributed by atoms with Crippen LogP contribution in [0.3, 0.4) is 0 Å². The van der Waals surface area contributed by atoms with Gasteiger partial charge in [-0.25, -0.2) is 0 Å². The van der Waals surface area contributed by atoms with Crippen LogP contribution in [0.5, 0.6) is 0 Å². The number of nitrogens with one attached hydrogen (secondary N) is 2. The summed E-state index contributed by atoms with van der Waals surface area (Å²) in [5.41, 5.74) is 1.14. The smallest absolute Gasteiger partial charge is 0.426 e.